The largest absolute Gasteiger partial charge is 0.391 e. The van der Waals surface area contributed by atoms with E-state index < -0.39 is 15.7 Å². The molecular formula is C11H14N2O4S. The number of nitrogens with zero attached hydrogens (tertiary/aromatic N) is 2. The molecule has 0 atom stereocenters. The number of aliphatic hydroxyl groups is 1. The van der Waals surface area contributed by atoms with Crippen LogP contribution >= 0.6 is 0 Å². The highest BCUT2D eigenvalue weighted by Gasteiger charge is 2.19. The van der Waals surface area contributed by atoms with Gasteiger partial charge in [0, 0.05) is 47.1 Å². The normalized spacial score (nSPS) is 16.8. The molecule has 1 aliphatic rings. The van der Waals surface area contributed by atoms with Crippen molar-refractivity contribution >= 4 is 22.2 Å². The zero-order chi connectivity index (χ0) is 13.1. The van der Waals surface area contributed by atoms with E-state index in [1.807, 2.05) is 4.90 Å². The molecule has 1 fully saturated rings. The Bertz CT molecular complexity index is 482. The topological polar surface area (TPSA) is 83.7 Å². The molecule has 0 bridgehead atoms. The Morgan fingerprint density at radius 3 is 2.61 bits per heavy atom. The molecule has 0 aromatic heterocycles. The van der Waals surface area contributed by atoms with Gasteiger partial charge in [-0.15, -0.1) is 0 Å². The average molecular weight is 270 g/mol. The highest BCUT2D eigenvalue weighted by Crippen LogP contribution is 2.25. The van der Waals surface area contributed by atoms with Crippen molar-refractivity contribution in [2.75, 3.05) is 29.5 Å². The molecule has 1 aromatic rings. The minimum absolute atomic E-state index is 0.0677. The molecule has 0 aliphatic carbocycles. The van der Waals surface area contributed by atoms with Crippen molar-refractivity contribution in [3.63, 3.8) is 0 Å². The zero-order valence-corrected chi connectivity index (χ0v) is 10.6. The monoisotopic (exact) mass is 270 g/mol. The molecule has 1 N–H and O–H groups in total. The molecule has 98 valence electrons. The van der Waals surface area contributed by atoms with Crippen LogP contribution < -0.4 is 4.90 Å². The van der Waals surface area contributed by atoms with Crippen LogP contribution in [0.25, 0.3) is 0 Å². The van der Waals surface area contributed by atoms with Crippen molar-refractivity contribution in [1.29, 1.82) is 0 Å². The summed E-state index contributed by atoms with van der Waals surface area (Å²) in [5.41, 5.74) is 1.08. The van der Waals surface area contributed by atoms with Crippen LogP contribution in [-0.2, 0) is 17.4 Å². The molecule has 18 heavy (non-hydrogen) atoms. The first-order valence-corrected chi connectivity index (χ1v) is 7.08. The molecule has 1 aliphatic heterocycles. The van der Waals surface area contributed by atoms with E-state index in [9.17, 15) is 14.3 Å². The maximum Gasteiger partial charge on any atom is 0.275 e. The van der Waals surface area contributed by atoms with Crippen LogP contribution in [0.2, 0.25) is 0 Å². The highest BCUT2D eigenvalue weighted by molar-refractivity contribution is 7.85. The average Bonchev–Trinajstić information content (AvgIpc) is 2.38. The molecule has 1 heterocycles. The van der Waals surface area contributed by atoms with Crippen LogP contribution in [0.5, 0.6) is 0 Å². The van der Waals surface area contributed by atoms with Crippen LogP contribution in [0.15, 0.2) is 18.2 Å². The van der Waals surface area contributed by atoms with E-state index in [1.165, 1.54) is 6.07 Å². The molecule has 2 rings (SSSR count). The Balaban J connectivity index is 2.24. The summed E-state index contributed by atoms with van der Waals surface area (Å²) in [6, 6.07) is 4.71. The van der Waals surface area contributed by atoms with Gasteiger partial charge in [-0.2, -0.15) is 0 Å². The standard InChI is InChI=1S/C11H14N2O4S/c14-8-9-7-10(1-2-11(9)13(15)16)12-3-5-18(17)6-4-12/h1-2,7,14H,3-6,8H2. The third kappa shape index (κ3) is 2.68. The Kier molecular flexibility index (Phi) is 3.93. The Hall–Kier alpha value is -1.47. The predicted octanol–water partition coefficient (Wildman–Crippen LogP) is 0.656. The number of rotatable bonds is 3. The predicted molar refractivity (Wildman–Crippen MR) is 69.1 cm³/mol. The first-order chi connectivity index (χ1) is 8.61. The van der Waals surface area contributed by atoms with Gasteiger partial charge in [-0.3, -0.25) is 14.3 Å². The lowest BCUT2D eigenvalue weighted by Crippen LogP contribution is -2.37. The molecule has 1 saturated heterocycles. The van der Waals surface area contributed by atoms with Gasteiger partial charge in [-0.1, -0.05) is 0 Å². The summed E-state index contributed by atoms with van der Waals surface area (Å²) in [5.74, 6) is 1.23. The van der Waals surface area contributed by atoms with E-state index in [0.29, 0.717) is 30.2 Å². The first-order valence-electron chi connectivity index (χ1n) is 5.60. The van der Waals surface area contributed by atoms with Crippen LogP contribution in [0.4, 0.5) is 11.4 Å². The van der Waals surface area contributed by atoms with Crippen molar-refractivity contribution in [1.82, 2.24) is 0 Å². The fraction of sp³-hybridized carbons (Fsp3) is 0.455. The van der Waals surface area contributed by atoms with Gasteiger partial charge in [-0.25, -0.2) is 0 Å². The lowest BCUT2D eigenvalue weighted by Gasteiger charge is -2.28. The molecule has 7 heteroatoms. The van der Waals surface area contributed by atoms with Gasteiger partial charge in [0.15, 0.2) is 0 Å². The Morgan fingerprint density at radius 1 is 1.39 bits per heavy atom. The number of nitro benzene ring substituents is 1. The van der Waals surface area contributed by atoms with E-state index >= 15 is 0 Å². The maximum absolute atomic E-state index is 11.3. The van der Waals surface area contributed by atoms with Gasteiger partial charge >= 0.3 is 0 Å². The van der Waals surface area contributed by atoms with Crippen molar-refractivity contribution in [2.24, 2.45) is 0 Å². The quantitative estimate of drug-likeness (QED) is 0.644. The van der Waals surface area contributed by atoms with E-state index in [-0.39, 0.29) is 12.3 Å². The van der Waals surface area contributed by atoms with Gasteiger partial charge in [0.25, 0.3) is 5.69 Å². The van der Waals surface area contributed by atoms with Crippen LogP contribution in [-0.4, -0.2) is 38.8 Å². The fourth-order valence-corrected chi connectivity index (χ4v) is 3.02. The van der Waals surface area contributed by atoms with Crippen molar-refractivity contribution in [2.45, 2.75) is 6.61 Å². The van der Waals surface area contributed by atoms with E-state index in [1.54, 1.807) is 12.1 Å². The summed E-state index contributed by atoms with van der Waals surface area (Å²) in [4.78, 5) is 12.3. The van der Waals surface area contributed by atoms with E-state index in [2.05, 4.69) is 0 Å². The Labute approximate surface area is 107 Å². The lowest BCUT2D eigenvalue weighted by atomic mass is 10.1. The minimum atomic E-state index is -0.753. The first kappa shape index (κ1) is 13.0. The molecule has 1 aromatic carbocycles. The molecule has 0 unspecified atom stereocenters. The van der Waals surface area contributed by atoms with Gasteiger partial charge in [0.1, 0.15) is 0 Å². The molecule has 0 saturated carbocycles. The summed E-state index contributed by atoms with van der Waals surface area (Å²) in [5, 5.41) is 19.9. The summed E-state index contributed by atoms with van der Waals surface area (Å²) in [6.45, 7) is 0.995. The summed E-state index contributed by atoms with van der Waals surface area (Å²) < 4.78 is 11.3. The molecule has 6 nitrogen and oxygen atoms in total. The van der Waals surface area contributed by atoms with Crippen LogP contribution in [0.3, 0.4) is 0 Å². The van der Waals surface area contributed by atoms with Crippen molar-refractivity contribution in [3.8, 4) is 0 Å². The van der Waals surface area contributed by atoms with E-state index in [4.69, 9.17) is 5.11 Å². The number of nitro groups is 1. The lowest BCUT2D eigenvalue weighted by molar-refractivity contribution is -0.385. The number of anilines is 1. The SMILES string of the molecule is O=[N+]([O-])c1ccc(N2CCS(=O)CC2)cc1CO. The summed E-state index contributed by atoms with van der Waals surface area (Å²) in [7, 11) is -0.753. The third-order valence-corrected chi connectivity index (χ3v) is 4.25. The van der Waals surface area contributed by atoms with Gasteiger partial charge < -0.3 is 10.0 Å². The molecule has 0 amide bonds. The second-order valence-electron chi connectivity index (χ2n) is 4.06. The fourth-order valence-electron chi connectivity index (χ4n) is 1.97. The Morgan fingerprint density at radius 2 is 2.06 bits per heavy atom. The van der Waals surface area contributed by atoms with Gasteiger partial charge in [-0.05, 0) is 12.1 Å². The van der Waals surface area contributed by atoms with Crippen LogP contribution in [0, 0.1) is 10.1 Å². The zero-order valence-electron chi connectivity index (χ0n) is 9.74. The number of aliphatic hydroxyl groups excluding tert-OH is 1. The van der Waals surface area contributed by atoms with Crippen molar-refractivity contribution in [3.05, 3.63) is 33.9 Å². The van der Waals surface area contributed by atoms with Crippen molar-refractivity contribution < 1.29 is 14.2 Å². The molecule has 0 radical (unpaired) electrons. The maximum atomic E-state index is 11.3. The highest BCUT2D eigenvalue weighted by atomic mass is 32.2. The van der Waals surface area contributed by atoms with E-state index in [0.717, 1.165) is 5.69 Å². The van der Waals surface area contributed by atoms with Gasteiger partial charge in [0.05, 0.1) is 17.1 Å². The number of hydrogen-bond donors (Lipinski definition) is 1. The minimum Gasteiger partial charge on any atom is -0.391 e. The molecule has 0 spiro atoms. The van der Waals surface area contributed by atoms with Gasteiger partial charge in [0.2, 0.25) is 0 Å². The summed E-state index contributed by atoms with van der Waals surface area (Å²) >= 11 is 0. The number of benzene rings is 1. The van der Waals surface area contributed by atoms with Crippen LogP contribution in [0.1, 0.15) is 5.56 Å². The second kappa shape index (κ2) is 5.45. The molecular weight excluding hydrogens is 256 g/mol. The number of hydrogen-bond acceptors (Lipinski definition) is 5. The smallest absolute Gasteiger partial charge is 0.275 e. The second-order valence-corrected chi connectivity index (χ2v) is 5.76. The summed E-state index contributed by atoms with van der Waals surface area (Å²) in [6.07, 6.45) is 0. The third-order valence-electron chi connectivity index (χ3n) is 2.97.